The first kappa shape index (κ1) is 15.0. The first-order valence-corrected chi connectivity index (χ1v) is 6.15. The van der Waals surface area contributed by atoms with Gasteiger partial charge in [-0.15, -0.1) is 0 Å². The molecule has 5 heteroatoms. The van der Waals surface area contributed by atoms with E-state index in [2.05, 4.69) is 13.8 Å². The van der Waals surface area contributed by atoms with Crippen LogP contribution in [-0.4, -0.2) is 35.7 Å². The Hall–Kier alpha value is -2.04. The highest BCUT2D eigenvalue weighted by atomic mass is 16.6. The van der Waals surface area contributed by atoms with E-state index < -0.39 is 12.1 Å². The smallest absolute Gasteiger partial charge is 0.414 e. The number of carbonyl (C=O) groups excluding carboxylic acids is 1. The van der Waals surface area contributed by atoms with Crippen LogP contribution in [0.25, 0.3) is 0 Å². The molecule has 0 atom stereocenters. The molecule has 0 spiro atoms. The number of nitrogens with zero attached hydrogens (tertiary/aromatic N) is 1. The van der Waals surface area contributed by atoms with E-state index in [1.807, 2.05) is 18.2 Å². The molecule has 5 nitrogen and oxygen atoms in total. The molecule has 0 aromatic heterocycles. The van der Waals surface area contributed by atoms with Gasteiger partial charge >= 0.3 is 12.1 Å². The van der Waals surface area contributed by atoms with Gasteiger partial charge in [0.05, 0.1) is 6.42 Å². The van der Waals surface area contributed by atoms with Gasteiger partial charge in [0.15, 0.2) is 0 Å². The van der Waals surface area contributed by atoms with E-state index in [0.29, 0.717) is 11.7 Å². The number of amides is 1. The molecular weight excluding hydrogens is 246 g/mol. The van der Waals surface area contributed by atoms with Crippen molar-refractivity contribution in [3.05, 3.63) is 29.8 Å². The molecule has 0 aliphatic rings. The molecule has 19 heavy (non-hydrogen) atoms. The van der Waals surface area contributed by atoms with Gasteiger partial charge in [-0.25, -0.2) is 4.79 Å². The molecule has 1 aromatic carbocycles. The quantitative estimate of drug-likeness (QED) is 0.888. The van der Waals surface area contributed by atoms with E-state index in [1.165, 1.54) is 11.9 Å². The lowest BCUT2D eigenvalue weighted by atomic mass is 10.0. The molecular formula is C14H19NO4. The highest BCUT2D eigenvalue weighted by molar-refractivity contribution is 5.72. The third-order valence-electron chi connectivity index (χ3n) is 2.70. The maximum Gasteiger partial charge on any atom is 0.414 e. The third-order valence-corrected chi connectivity index (χ3v) is 2.70. The Kier molecular flexibility index (Phi) is 5.36. The minimum absolute atomic E-state index is 0.0996. The molecule has 0 aliphatic carbocycles. The number of hydrogen-bond acceptors (Lipinski definition) is 3. The number of ether oxygens (including phenoxy) is 1. The molecule has 0 unspecified atom stereocenters. The van der Waals surface area contributed by atoms with E-state index in [9.17, 15) is 9.59 Å². The molecule has 1 rings (SSSR count). The Labute approximate surface area is 112 Å². The zero-order valence-corrected chi connectivity index (χ0v) is 11.4. The summed E-state index contributed by atoms with van der Waals surface area (Å²) >= 11 is 0. The van der Waals surface area contributed by atoms with Gasteiger partial charge in [-0.3, -0.25) is 4.79 Å². The van der Waals surface area contributed by atoms with Gasteiger partial charge in [-0.1, -0.05) is 26.0 Å². The summed E-state index contributed by atoms with van der Waals surface area (Å²) in [6, 6.07) is 7.31. The summed E-state index contributed by atoms with van der Waals surface area (Å²) in [6.45, 7) is 4.23. The van der Waals surface area contributed by atoms with Gasteiger partial charge in [-0.05, 0) is 23.6 Å². The van der Waals surface area contributed by atoms with Crippen molar-refractivity contribution >= 4 is 12.1 Å². The van der Waals surface area contributed by atoms with Crippen molar-refractivity contribution in [2.75, 3.05) is 13.6 Å². The van der Waals surface area contributed by atoms with Crippen LogP contribution in [0.3, 0.4) is 0 Å². The summed E-state index contributed by atoms with van der Waals surface area (Å²) in [7, 11) is 1.51. The van der Waals surface area contributed by atoms with Crippen LogP contribution in [0.4, 0.5) is 4.79 Å². The van der Waals surface area contributed by atoms with Gasteiger partial charge in [-0.2, -0.15) is 0 Å². The van der Waals surface area contributed by atoms with Crippen molar-refractivity contribution < 1.29 is 19.4 Å². The molecule has 0 saturated heterocycles. The van der Waals surface area contributed by atoms with Gasteiger partial charge in [0.1, 0.15) is 5.75 Å². The van der Waals surface area contributed by atoms with Crippen molar-refractivity contribution in [2.45, 2.75) is 26.2 Å². The minimum atomic E-state index is -0.943. The molecule has 0 bridgehead atoms. The topological polar surface area (TPSA) is 66.8 Å². The van der Waals surface area contributed by atoms with E-state index in [4.69, 9.17) is 9.84 Å². The fourth-order valence-electron chi connectivity index (χ4n) is 1.47. The zero-order valence-electron chi connectivity index (χ0n) is 11.4. The highest BCUT2D eigenvalue weighted by Gasteiger charge is 2.13. The Balaban J connectivity index is 2.61. The normalized spacial score (nSPS) is 10.3. The molecule has 0 aliphatic heterocycles. The van der Waals surface area contributed by atoms with E-state index in [-0.39, 0.29) is 13.0 Å². The van der Waals surface area contributed by atoms with Gasteiger partial charge < -0.3 is 14.7 Å². The lowest BCUT2D eigenvalue weighted by Crippen LogP contribution is -2.31. The van der Waals surface area contributed by atoms with Crippen LogP contribution in [0, 0.1) is 0 Å². The monoisotopic (exact) mass is 265 g/mol. The second-order valence-electron chi connectivity index (χ2n) is 4.66. The molecule has 0 heterocycles. The lowest BCUT2D eigenvalue weighted by molar-refractivity contribution is -0.137. The largest absolute Gasteiger partial charge is 0.481 e. The Bertz CT molecular complexity index is 457. The number of carboxylic acid groups (broad SMARTS) is 1. The molecule has 1 N–H and O–H groups in total. The van der Waals surface area contributed by atoms with Crippen molar-refractivity contribution in [3.8, 4) is 5.75 Å². The summed E-state index contributed by atoms with van der Waals surface area (Å²) in [5.41, 5.74) is 1.08. The van der Waals surface area contributed by atoms with Crippen LogP contribution < -0.4 is 4.74 Å². The number of carboxylic acids is 1. The summed E-state index contributed by atoms with van der Waals surface area (Å²) in [4.78, 5) is 23.4. The Morgan fingerprint density at radius 2 is 2.05 bits per heavy atom. The van der Waals surface area contributed by atoms with E-state index in [0.717, 1.165) is 5.56 Å². The third kappa shape index (κ3) is 4.99. The van der Waals surface area contributed by atoms with Gasteiger partial charge in [0, 0.05) is 13.6 Å². The minimum Gasteiger partial charge on any atom is -0.481 e. The Morgan fingerprint density at radius 1 is 1.37 bits per heavy atom. The molecule has 104 valence electrons. The van der Waals surface area contributed by atoms with Crippen LogP contribution in [0.5, 0.6) is 5.75 Å². The number of aliphatic carboxylic acids is 1. The number of hydrogen-bond donors (Lipinski definition) is 1. The van der Waals surface area contributed by atoms with Crippen LogP contribution in [0.15, 0.2) is 24.3 Å². The molecule has 0 saturated carbocycles. The number of benzene rings is 1. The average Bonchev–Trinajstić information content (AvgIpc) is 2.36. The van der Waals surface area contributed by atoms with Crippen molar-refractivity contribution in [2.24, 2.45) is 0 Å². The fraction of sp³-hybridized carbons (Fsp3) is 0.429. The maximum atomic E-state index is 11.7. The molecule has 0 fully saturated rings. The van der Waals surface area contributed by atoms with Gasteiger partial charge in [0.2, 0.25) is 0 Å². The standard InChI is InChI=1S/C14H19NO4/c1-10(2)11-5-4-6-12(9-11)19-14(18)15(3)8-7-13(16)17/h4-6,9-10H,7-8H2,1-3H3,(H,16,17). The molecule has 0 radical (unpaired) electrons. The van der Waals surface area contributed by atoms with Crippen molar-refractivity contribution in [1.29, 1.82) is 0 Å². The summed E-state index contributed by atoms with van der Waals surface area (Å²) in [6.07, 6.45) is -0.653. The van der Waals surface area contributed by atoms with Crippen LogP contribution in [0.2, 0.25) is 0 Å². The summed E-state index contributed by atoms with van der Waals surface area (Å²) < 4.78 is 5.19. The second kappa shape index (κ2) is 6.78. The van der Waals surface area contributed by atoms with Crippen molar-refractivity contribution in [3.63, 3.8) is 0 Å². The van der Waals surface area contributed by atoms with Crippen molar-refractivity contribution in [1.82, 2.24) is 4.90 Å². The maximum absolute atomic E-state index is 11.7. The first-order valence-electron chi connectivity index (χ1n) is 6.15. The SMILES string of the molecule is CC(C)c1cccc(OC(=O)N(C)CCC(=O)O)c1. The molecule has 1 aromatic rings. The summed E-state index contributed by atoms with van der Waals surface area (Å²) in [5.74, 6) is -0.122. The molecule has 1 amide bonds. The summed E-state index contributed by atoms with van der Waals surface area (Å²) in [5, 5.41) is 8.55. The van der Waals surface area contributed by atoms with Crippen LogP contribution >= 0.6 is 0 Å². The number of rotatable bonds is 5. The Morgan fingerprint density at radius 3 is 2.63 bits per heavy atom. The zero-order chi connectivity index (χ0) is 14.4. The number of carbonyl (C=O) groups is 2. The second-order valence-corrected chi connectivity index (χ2v) is 4.66. The van der Waals surface area contributed by atoms with E-state index in [1.54, 1.807) is 6.07 Å². The predicted octanol–water partition coefficient (Wildman–Crippen LogP) is 2.72. The van der Waals surface area contributed by atoms with Crippen LogP contribution in [-0.2, 0) is 4.79 Å². The van der Waals surface area contributed by atoms with Crippen LogP contribution in [0.1, 0.15) is 31.7 Å². The highest BCUT2D eigenvalue weighted by Crippen LogP contribution is 2.20. The first-order chi connectivity index (χ1) is 8.90. The van der Waals surface area contributed by atoms with Gasteiger partial charge in [0.25, 0.3) is 0 Å². The van der Waals surface area contributed by atoms with E-state index >= 15 is 0 Å². The predicted molar refractivity (Wildman–Crippen MR) is 71.4 cm³/mol. The lowest BCUT2D eigenvalue weighted by Gasteiger charge is -2.16. The fourth-order valence-corrected chi connectivity index (χ4v) is 1.47. The average molecular weight is 265 g/mol.